The number of carbonyl (C=O) groups is 1. The molecular weight excluding hydrogens is 240 g/mol. The molecule has 0 heterocycles. The minimum atomic E-state index is -0.328. The molecule has 0 aromatic rings. The molecule has 0 amide bonds. The van der Waals surface area contributed by atoms with Crippen molar-refractivity contribution in [2.75, 3.05) is 6.61 Å². The number of hydrogen-bond acceptors (Lipinski definition) is 3. The zero-order valence-corrected chi connectivity index (χ0v) is 12.4. The van der Waals surface area contributed by atoms with Crippen molar-refractivity contribution in [3.8, 4) is 0 Å². The Morgan fingerprint density at radius 2 is 1.68 bits per heavy atom. The van der Waals surface area contributed by atoms with Crippen LogP contribution in [0.25, 0.3) is 0 Å². The Morgan fingerprint density at radius 3 is 2.26 bits per heavy atom. The summed E-state index contributed by atoms with van der Waals surface area (Å²) in [6, 6.07) is 0. The summed E-state index contributed by atoms with van der Waals surface area (Å²) in [7, 11) is 0. The van der Waals surface area contributed by atoms with Crippen LogP contribution in [-0.2, 0) is 9.53 Å². The van der Waals surface area contributed by atoms with E-state index in [4.69, 9.17) is 4.74 Å². The number of carbonyl (C=O) groups excluding carboxylic acids is 1. The van der Waals surface area contributed by atoms with Gasteiger partial charge in [-0.05, 0) is 19.3 Å². The van der Waals surface area contributed by atoms with Gasteiger partial charge >= 0.3 is 5.97 Å². The zero-order valence-electron chi connectivity index (χ0n) is 12.4. The molecule has 1 atom stereocenters. The van der Waals surface area contributed by atoms with Gasteiger partial charge in [-0.1, -0.05) is 58.4 Å². The van der Waals surface area contributed by atoms with Crippen molar-refractivity contribution in [3.63, 3.8) is 0 Å². The van der Waals surface area contributed by atoms with Gasteiger partial charge < -0.3 is 9.84 Å². The van der Waals surface area contributed by atoms with Crippen molar-refractivity contribution in [2.45, 2.75) is 77.2 Å². The van der Waals surface area contributed by atoms with Crippen LogP contribution in [0.4, 0.5) is 0 Å². The van der Waals surface area contributed by atoms with Crippen LogP contribution in [0.5, 0.6) is 0 Å². The lowest BCUT2D eigenvalue weighted by Crippen LogP contribution is -2.04. The highest BCUT2D eigenvalue weighted by Gasteiger charge is 2.01. The number of hydrogen-bond donors (Lipinski definition) is 1. The average molecular weight is 270 g/mol. The minimum absolute atomic E-state index is 0.0930. The molecule has 0 aliphatic carbocycles. The van der Waals surface area contributed by atoms with Crippen molar-refractivity contribution in [3.05, 3.63) is 12.7 Å². The summed E-state index contributed by atoms with van der Waals surface area (Å²) in [5.74, 6) is -0.328. The van der Waals surface area contributed by atoms with Gasteiger partial charge in [-0.15, -0.1) is 0 Å². The van der Waals surface area contributed by atoms with Crippen LogP contribution >= 0.6 is 0 Å². The number of unbranched alkanes of at least 4 members (excludes halogenated alkanes) is 6. The van der Waals surface area contributed by atoms with E-state index in [1.807, 2.05) is 0 Å². The molecule has 1 unspecified atom stereocenters. The van der Waals surface area contributed by atoms with Gasteiger partial charge in [0.1, 0.15) is 0 Å². The minimum Gasteiger partial charge on any atom is -0.463 e. The lowest BCUT2D eigenvalue weighted by molar-refractivity contribution is -0.137. The summed E-state index contributed by atoms with van der Waals surface area (Å²) < 4.78 is 4.90. The highest BCUT2D eigenvalue weighted by Crippen LogP contribution is 2.11. The molecule has 0 saturated carbocycles. The summed E-state index contributed by atoms with van der Waals surface area (Å²) in [4.78, 5) is 10.8. The molecular formula is C16H30O3. The molecule has 0 saturated heterocycles. The first-order valence-corrected chi connectivity index (χ1v) is 7.68. The summed E-state index contributed by atoms with van der Waals surface area (Å²) in [5.41, 5.74) is 0. The molecule has 3 nitrogen and oxygen atoms in total. The van der Waals surface area contributed by atoms with Gasteiger partial charge in [0.15, 0.2) is 0 Å². The van der Waals surface area contributed by atoms with E-state index in [1.165, 1.54) is 31.8 Å². The molecule has 0 rings (SSSR count). The quantitative estimate of drug-likeness (QED) is 0.312. The molecule has 0 radical (unpaired) electrons. The monoisotopic (exact) mass is 270 g/mol. The molecule has 112 valence electrons. The van der Waals surface area contributed by atoms with Gasteiger partial charge in [0.25, 0.3) is 0 Å². The lowest BCUT2D eigenvalue weighted by Gasteiger charge is -2.08. The van der Waals surface area contributed by atoms with Crippen LogP contribution in [0.15, 0.2) is 12.7 Å². The Morgan fingerprint density at radius 1 is 1.11 bits per heavy atom. The normalized spacial score (nSPS) is 12.1. The van der Waals surface area contributed by atoms with Crippen LogP contribution in [0, 0.1) is 0 Å². The first-order valence-electron chi connectivity index (χ1n) is 7.68. The number of rotatable bonds is 13. The topological polar surface area (TPSA) is 46.5 Å². The van der Waals surface area contributed by atoms with Gasteiger partial charge in [0.2, 0.25) is 0 Å². The fourth-order valence-electron chi connectivity index (χ4n) is 2.08. The predicted molar refractivity (Wildman–Crippen MR) is 79.0 cm³/mol. The van der Waals surface area contributed by atoms with E-state index < -0.39 is 0 Å². The first-order chi connectivity index (χ1) is 9.20. The molecule has 0 spiro atoms. The van der Waals surface area contributed by atoms with Gasteiger partial charge in [0.05, 0.1) is 12.7 Å². The Labute approximate surface area is 118 Å². The van der Waals surface area contributed by atoms with Crippen LogP contribution in [0.2, 0.25) is 0 Å². The van der Waals surface area contributed by atoms with Crippen molar-refractivity contribution in [1.82, 2.24) is 0 Å². The third kappa shape index (κ3) is 13.4. The summed E-state index contributed by atoms with van der Waals surface area (Å²) in [5, 5.41) is 9.57. The van der Waals surface area contributed by atoms with Crippen molar-refractivity contribution < 1.29 is 14.6 Å². The predicted octanol–water partition coefficient (Wildman–Crippen LogP) is 4.00. The fraction of sp³-hybridized carbons (Fsp3) is 0.812. The molecule has 3 heteroatoms. The van der Waals surface area contributed by atoms with E-state index in [9.17, 15) is 9.90 Å². The third-order valence-corrected chi connectivity index (χ3v) is 3.21. The molecule has 0 aliphatic heterocycles. The Bertz CT molecular complexity index is 226. The summed E-state index contributed by atoms with van der Waals surface area (Å²) in [6.07, 6.45) is 12.1. The van der Waals surface area contributed by atoms with E-state index in [0.29, 0.717) is 6.61 Å². The maximum absolute atomic E-state index is 10.8. The Balaban J connectivity index is 3.10. The van der Waals surface area contributed by atoms with E-state index in [1.54, 1.807) is 0 Å². The summed E-state index contributed by atoms with van der Waals surface area (Å²) in [6.45, 7) is 5.96. The van der Waals surface area contributed by atoms with Gasteiger partial charge in [-0.25, -0.2) is 4.79 Å². The number of aliphatic hydroxyl groups excluding tert-OH is 1. The van der Waals surface area contributed by atoms with E-state index >= 15 is 0 Å². The highest BCUT2D eigenvalue weighted by atomic mass is 16.5. The smallest absolute Gasteiger partial charge is 0.330 e. The number of esters is 1. The first kappa shape index (κ1) is 18.2. The second kappa shape index (κ2) is 13.6. The molecule has 0 fully saturated rings. The van der Waals surface area contributed by atoms with Crippen LogP contribution in [-0.4, -0.2) is 23.8 Å². The maximum atomic E-state index is 10.8. The highest BCUT2D eigenvalue weighted by molar-refractivity contribution is 5.81. The van der Waals surface area contributed by atoms with Crippen molar-refractivity contribution in [1.29, 1.82) is 0 Å². The number of aliphatic hydroxyl groups is 1. The fourth-order valence-corrected chi connectivity index (χ4v) is 2.08. The molecule has 0 aromatic heterocycles. The second-order valence-electron chi connectivity index (χ2n) is 5.08. The molecule has 0 bridgehead atoms. The van der Waals surface area contributed by atoms with E-state index in [-0.39, 0.29) is 12.1 Å². The molecule has 0 aromatic carbocycles. The number of ether oxygens (including phenoxy) is 1. The van der Waals surface area contributed by atoms with E-state index in [0.717, 1.165) is 38.5 Å². The standard InChI is InChI=1S/C16H30O3/c1-3-12-15(17)13-10-8-6-5-7-9-11-14-19-16(18)4-2/h4,15,17H,2-3,5-14H2,1H3. The Kier molecular flexibility index (Phi) is 13.0. The lowest BCUT2D eigenvalue weighted by atomic mass is 10.0. The largest absolute Gasteiger partial charge is 0.463 e. The van der Waals surface area contributed by atoms with Gasteiger partial charge in [-0.2, -0.15) is 0 Å². The third-order valence-electron chi connectivity index (χ3n) is 3.21. The van der Waals surface area contributed by atoms with Crippen molar-refractivity contribution >= 4 is 5.97 Å². The molecule has 19 heavy (non-hydrogen) atoms. The maximum Gasteiger partial charge on any atom is 0.330 e. The van der Waals surface area contributed by atoms with Crippen LogP contribution in [0.3, 0.4) is 0 Å². The van der Waals surface area contributed by atoms with Gasteiger partial charge in [0, 0.05) is 6.08 Å². The van der Waals surface area contributed by atoms with Crippen LogP contribution in [0.1, 0.15) is 71.1 Å². The zero-order chi connectivity index (χ0) is 14.3. The SMILES string of the molecule is C=CC(=O)OCCCCCCCCCC(O)CCC. The van der Waals surface area contributed by atoms with E-state index in [2.05, 4.69) is 13.5 Å². The van der Waals surface area contributed by atoms with Crippen molar-refractivity contribution in [2.24, 2.45) is 0 Å². The molecule has 0 aliphatic rings. The summed E-state index contributed by atoms with van der Waals surface area (Å²) >= 11 is 0. The van der Waals surface area contributed by atoms with Gasteiger partial charge in [-0.3, -0.25) is 0 Å². The second-order valence-corrected chi connectivity index (χ2v) is 5.08. The van der Waals surface area contributed by atoms with Crippen LogP contribution < -0.4 is 0 Å². The Hall–Kier alpha value is -0.830. The molecule has 1 N–H and O–H groups in total. The average Bonchev–Trinajstić information content (AvgIpc) is 2.40.